The van der Waals surface area contributed by atoms with Crippen LogP contribution in [0, 0.1) is 0 Å². The second-order valence-electron chi connectivity index (χ2n) is 3.08. The van der Waals surface area contributed by atoms with E-state index in [0.717, 1.165) is 22.9 Å². The van der Waals surface area contributed by atoms with Gasteiger partial charge in [-0.2, -0.15) is 0 Å². The van der Waals surface area contributed by atoms with Gasteiger partial charge in [0.1, 0.15) is 11.5 Å². The number of ether oxygens (including phenoxy) is 3. The summed E-state index contributed by atoms with van der Waals surface area (Å²) in [5.74, 6) is 2.42. The molecule has 3 nitrogen and oxygen atoms in total. The zero-order valence-corrected chi connectivity index (χ0v) is 9.09. The highest BCUT2D eigenvalue weighted by atomic mass is 16.5. The lowest BCUT2D eigenvalue weighted by Crippen LogP contribution is -1.97. The van der Waals surface area contributed by atoms with Gasteiger partial charge < -0.3 is 14.2 Å². The van der Waals surface area contributed by atoms with Gasteiger partial charge in [0.25, 0.3) is 0 Å². The van der Waals surface area contributed by atoms with E-state index in [1.807, 2.05) is 19.1 Å². The predicted molar refractivity (Wildman–Crippen MR) is 54.5 cm³/mol. The standard InChI is InChI=1S/C11H16O3/c1-8-5-9(12-2)7-11(14-4)10(6-8)13-3/h5-6H,7H2,1-4H3. The largest absolute Gasteiger partial charge is 0.501 e. The summed E-state index contributed by atoms with van der Waals surface area (Å²) >= 11 is 0. The molecule has 0 atom stereocenters. The van der Waals surface area contributed by atoms with Gasteiger partial charge in [0.05, 0.1) is 27.8 Å². The maximum absolute atomic E-state index is 5.24. The third kappa shape index (κ3) is 2.31. The predicted octanol–water partition coefficient (Wildman–Crippen LogP) is 2.37. The average molecular weight is 196 g/mol. The highest BCUT2D eigenvalue weighted by Gasteiger charge is 2.13. The highest BCUT2D eigenvalue weighted by Crippen LogP contribution is 2.23. The Morgan fingerprint density at radius 2 is 1.71 bits per heavy atom. The van der Waals surface area contributed by atoms with Crippen molar-refractivity contribution in [2.45, 2.75) is 13.3 Å². The Balaban J connectivity index is 3.04. The quantitative estimate of drug-likeness (QED) is 0.693. The summed E-state index contributed by atoms with van der Waals surface area (Å²) in [6.45, 7) is 2.00. The van der Waals surface area contributed by atoms with Gasteiger partial charge in [-0.25, -0.2) is 0 Å². The van der Waals surface area contributed by atoms with Crippen molar-refractivity contribution >= 4 is 0 Å². The summed E-state index contributed by atoms with van der Waals surface area (Å²) in [7, 11) is 4.93. The summed E-state index contributed by atoms with van der Waals surface area (Å²) < 4.78 is 15.7. The molecule has 0 aromatic rings. The van der Waals surface area contributed by atoms with E-state index >= 15 is 0 Å². The van der Waals surface area contributed by atoms with Crippen LogP contribution in [0.15, 0.2) is 35.0 Å². The SMILES string of the molecule is COC1=CC(C)=CC(OC)=C(OC)C1. The first-order valence-electron chi connectivity index (χ1n) is 4.45. The molecule has 1 rings (SSSR count). The van der Waals surface area contributed by atoms with Crippen LogP contribution in [0.3, 0.4) is 0 Å². The Labute approximate surface area is 84.7 Å². The molecule has 0 radical (unpaired) electrons. The average Bonchev–Trinajstić information content (AvgIpc) is 2.36. The lowest BCUT2D eigenvalue weighted by molar-refractivity contribution is 0.207. The zero-order valence-electron chi connectivity index (χ0n) is 9.09. The van der Waals surface area contributed by atoms with Gasteiger partial charge in [0, 0.05) is 0 Å². The Hall–Kier alpha value is -1.38. The van der Waals surface area contributed by atoms with Gasteiger partial charge in [-0.1, -0.05) is 0 Å². The minimum atomic E-state index is 0.629. The van der Waals surface area contributed by atoms with E-state index in [4.69, 9.17) is 14.2 Å². The number of allylic oxidation sites excluding steroid dienone is 3. The third-order valence-corrected chi connectivity index (χ3v) is 2.09. The van der Waals surface area contributed by atoms with Gasteiger partial charge in [-0.3, -0.25) is 0 Å². The Morgan fingerprint density at radius 1 is 1.00 bits per heavy atom. The van der Waals surface area contributed by atoms with Crippen LogP contribution >= 0.6 is 0 Å². The van der Waals surface area contributed by atoms with Crippen molar-refractivity contribution in [3.05, 3.63) is 35.0 Å². The van der Waals surface area contributed by atoms with E-state index in [0.29, 0.717) is 6.42 Å². The van der Waals surface area contributed by atoms with E-state index in [1.54, 1.807) is 21.3 Å². The smallest absolute Gasteiger partial charge is 0.157 e. The molecule has 0 heterocycles. The van der Waals surface area contributed by atoms with Crippen LogP contribution in [-0.2, 0) is 14.2 Å². The second kappa shape index (κ2) is 4.74. The van der Waals surface area contributed by atoms with Crippen molar-refractivity contribution in [3.63, 3.8) is 0 Å². The molecular weight excluding hydrogens is 180 g/mol. The van der Waals surface area contributed by atoms with Crippen molar-refractivity contribution < 1.29 is 14.2 Å². The van der Waals surface area contributed by atoms with Crippen LogP contribution in [0.5, 0.6) is 0 Å². The Bertz CT molecular complexity index is 298. The molecule has 0 saturated carbocycles. The first-order chi connectivity index (χ1) is 6.71. The fourth-order valence-electron chi connectivity index (χ4n) is 1.36. The van der Waals surface area contributed by atoms with Crippen LogP contribution in [0.25, 0.3) is 0 Å². The van der Waals surface area contributed by atoms with Crippen LogP contribution in [0.4, 0.5) is 0 Å². The molecule has 0 amide bonds. The lowest BCUT2D eigenvalue weighted by Gasteiger charge is -2.10. The minimum absolute atomic E-state index is 0.629. The molecule has 1 aliphatic rings. The van der Waals surface area contributed by atoms with Gasteiger partial charge in [0.2, 0.25) is 0 Å². The molecule has 0 saturated heterocycles. The van der Waals surface area contributed by atoms with Gasteiger partial charge in [-0.15, -0.1) is 0 Å². The molecule has 0 fully saturated rings. The molecule has 0 aromatic heterocycles. The van der Waals surface area contributed by atoms with E-state index in [1.165, 1.54) is 0 Å². The molecule has 0 spiro atoms. The van der Waals surface area contributed by atoms with Crippen LogP contribution in [-0.4, -0.2) is 21.3 Å². The molecule has 0 aromatic carbocycles. The van der Waals surface area contributed by atoms with E-state index in [9.17, 15) is 0 Å². The molecule has 0 bridgehead atoms. The first kappa shape index (κ1) is 10.7. The molecule has 14 heavy (non-hydrogen) atoms. The van der Waals surface area contributed by atoms with E-state index in [-0.39, 0.29) is 0 Å². The van der Waals surface area contributed by atoms with Crippen molar-refractivity contribution in [1.29, 1.82) is 0 Å². The van der Waals surface area contributed by atoms with Crippen molar-refractivity contribution in [2.75, 3.05) is 21.3 Å². The fourth-order valence-corrected chi connectivity index (χ4v) is 1.36. The summed E-state index contributed by atoms with van der Waals surface area (Å²) in [6, 6.07) is 0. The first-order valence-corrected chi connectivity index (χ1v) is 4.45. The summed E-state index contributed by atoms with van der Waals surface area (Å²) in [4.78, 5) is 0. The molecule has 0 N–H and O–H groups in total. The lowest BCUT2D eigenvalue weighted by atomic mass is 10.2. The zero-order chi connectivity index (χ0) is 10.6. The van der Waals surface area contributed by atoms with Crippen molar-refractivity contribution in [1.82, 2.24) is 0 Å². The number of hydrogen-bond acceptors (Lipinski definition) is 3. The highest BCUT2D eigenvalue weighted by molar-refractivity contribution is 5.33. The summed E-state index contributed by atoms with van der Waals surface area (Å²) in [6.07, 6.45) is 4.54. The molecule has 3 heteroatoms. The molecule has 78 valence electrons. The van der Waals surface area contributed by atoms with Gasteiger partial charge >= 0.3 is 0 Å². The van der Waals surface area contributed by atoms with Gasteiger partial charge in [-0.05, 0) is 24.6 Å². The number of rotatable bonds is 3. The van der Waals surface area contributed by atoms with E-state index in [2.05, 4.69) is 0 Å². The summed E-state index contributed by atoms with van der Waals surface area (Å²) in [5.41, 5.74) is 1.09. The summed E-state index contributed by atoms with van der Waals surface area (Å²) in [5, 5.41) is 0. The van der Waals surface area contributed by atoms with Crippen LogP contribution in [0.2, 0.25) is 0 Å². The molecular formula is C11H16O3. The van der Waals surface area contributed by atoms with Crippen molar-refractivity contribution in [3.8, 4) is 0 Å². The van der Waals surface area contributed by atoms with Gasteiger partial charge in [0.15, 0.2) is 5.76 Å². The molecule has 0 unspecified atom stereocenters. The second-order valence-corrected chi connectivity index (χ2v) is 3.08. The third-order valence-electron chi connectivity index (χ3n) is 2.09. The Kier molecular flexibility index (Phi) is 3.63. The fraction of sp³-hybridized carbons (Fsp3) is 0.455. The number of hydrogen-bond donors (Lipinski definition) is 0. The van der Waals surface area contributed by atoms with Crippen LogP contribution < -0.4 is 0 Å². The normalized spacial score (nSPS) is 16.9. The van der Waals surface area contributed by atoms with Crippen LogP contribution in [0.1, 0.15) is 13.3 Å². The maximum Gasteiger partial charge on any atom is 0.157 e. The minimum Gasteiger partial charge on any atom is -0.501 e. The Morgan fingerprint density at radius 3 is 2.21 bits per heavy atom. The maximum atomic E-state index is 5.24. The topological polar surface area (TPSA) is 27.7 Å². The monoisotopic (exact) mass is 196 g/mol. The molecule has 0 aliphatic heterocycles. The van der Waals surface area contributed by atoms with Crippen molar-refractivity contribution in [2.24, 2.45) is 0 Å². The number of methoxy groups -OCH3 is 3. The molecule has 1 aliphatic carbocycles. The van der Waals surface area contributed by atoms with E-state index < -0.39 is 0 Å².